The summed E-state index contributed by atoms with van der Waals surface area (Å²) in [7, 11) is 0. The quantitative estimate of drug-likeness (QED) is 0.173. The molecule has 1 aromatic carbocycles. The molecule has 4 aromatic rings. The standard InChI is InChI=1S/C13H10N2O2.C10H8N2.2CNS.Ru/c16-13(17)10-4-6-11(7-5-10)15-9-12-3-1-2-8-14-12;1-3-7-11-9(5-1)10-6-2-4-8-12-10;2*2-1-3;/h1-9H,(H,16,17);1-8H;;;/q;;2*-1;+2. The SMILES string of the molecule is O=C(O)c1ccc(N=Cc2ccccn2)cc1.[N-]=C=S.[N-]=C=S.[Ru+2].c1ccc(-c2ccccn2)nc1. The number of hydrogen-bond acceptors (Lipinski definition) is 7. The summed E-state index contributed by atoms with van der Waals surface area (Å²) in [5.41, 5.74) is 3.54. The maximum absolute atomic E-state index is 10.6. The van der Waals surface area contributed by atoms with Crippen LogP contribution in [0.4, 0.5) is 5.69 Å². The van der Waals surface area contributed by atoms with Gasteiger partial charge in [-0.05, 0) is 60.7 Å². The van der Waals surface area contributed by atoms with Crippen LogP contribution in [0, 0.1) is 0 Å². The second-order valence-electron chi connectivity index (χ2n) is 5.98. The first-order valence-corrected chi connectivity index (χ1v) is 10.5. The van der Waals surface area contributed by atoms with Crippen molar-refractivity contribution < 1.29 is 29.4 Å². The van der Waals surface area contributed by atoms with E-state index in [0.717, 1.165) is 17.1 Å². The molecule has 8 nitrogen and oxygen atoms in total. The van der Waals surface area contributed by atoms with Gasteiger partial charge in [0.2, 0.25) is 0 Å². The van der Waals surface area contributed by atoms with Crippen molar-refractivity contribution in [3.05, 3.63) is 120 Å². The zero-order chi connectivity index (χ0) is 25.7. The summed E-state index contributed by atoms with van der Waals surface area (Å²) in [4.78, 5) is 27.3. The Morgan fingerprint density at radius 1 is 0.778 bits per heavy atom. The number of aliphatic imine (C=N–C) groups is 1. The number of carbonyl (C=O) groups is 1. The maximum atomic E-state index is 10.6. The Kier molecular flexibility index (Phi) is 18.2. The molecule has 1 N–H and O–H groups in total. The summed E-state index contributed by atoms with van der Waals surface area (Å²) in [5.74, 6) is -0.940. The normalized spacial score (nSPS) is 8.67. The Labute approximate surface area is 232 Å². The first kappa shape index (κ1) is 32.0. The van der Waals surface area contributed by atoms with Crippen molar-refractivity contribution in [1.29, 1.82) is 0 Å². The van der Waals surface area contributed by atoms with Crippen LogP contribution in [0.1, 0.15) is 16.1 Å². The van der Waals surface area contributed by atoms with Crippen LogP contribution in [0.3, 0.4) is 0 Å². The molecule has 0 fully saturated rings. The molecule has 0 atom stereocenters. The number of carboxylic acid groups (broad SMARTS) is 1. The van der Waals surface area contributed by atoms with Gasteiger partial charge in [0.15, 0.2) is 0 Å². The number of hydrogen-bond donors (Lipinski definition) is 1. The zero-order valence-electron chi connectivity index (χ0n) is 18.5. The van der Waals surface area contributed by atoms with E-state index in [0.29, 0.717) is 5.69 Å². The molecular formula is C25H18N6O2RuS2. The van der Waals surface area contributed by atoms with E-state index in [9.17, 15) is 4.79 Å². The molecule has 0 aliphatic heterocycles. The summed E-state index contributed by atoms with van der Waals surface area (Å²) in [6.45, 7) is 0. The summed E-state index contributed by atoms with van der Waals surface area (Å²) >= 11 is 7.40. The minimum atomic E-state index is -0.940. The van der Waals surface area contributed by atoms with E-state index in [1.54, 1.807) is 36.9 Å². The second kappa shape index (κ2) is 20.4. The number of rotatable bonds is 4. The van der Waals surface area contributed by atoms with Crippen molar-refractivity contribution in [2.75, 3.05) is 0 Å². The van der Waals surface area contributed by atoms with Gasteiger partial charge in [0.05, 0.1) is 34.5 Å². The molecule has 180 valence electrons. The van der Waals surface area contributed by atoms with Gasteiger partial charge in [0, 0.05) is 18.6 Å². The Hall–Kier alpha value is -3.97. The molecule has 0 aliphatic carbocycles. The first-order chi connectivity index (χ1) is 17.0. The van der Waals surface area contributed by atoms with E-state index < -0.39 is 5.97 Å². The molecule has 36 heavy (non-hydrogen) atoms. The minimum absolute atomic E-state index is 0. The molecular weight excluding hydrogens is 582 g/mol. The number of thiocarbonyl (C=S) groups is 2. The topological polar surface area (TPSA) is 133 Å². The molecule has 3 heterocycles. The van der Waals surface area contributed by atoms with E-state index in [1.807, 2.05) is 54.6 Å². The number of benzene rings is 1. The van der Waals surface area contributed by atoms with Crippen molar-refractivity contribution >= 4 is 52.6 Å². The largest absolute Gasteiger partial charge is 2.00 e. The summed E-state index contributed by atoms with van der Waals surface area (Å²) in [6, 6.07) is 23.5. The molecule has 3 aromatic heterocycles. The Balaban J connectivity index is 0.000000564. The van der Waals surface area contributed by atoms with Gasteiger partial charge in [-0.1, -0.05) is 42.6 Å². The van der Waals surface area contributed by atoms with Crippen molar-refractivity contribution in [1.82, 2.24) is 15.0 Å². The van der Waals surface area contributed by atoms with Gasteiger partial charge in [-0.15, -0.1) is 0 Å². The smallest absolute Gasteiger partial charge is 0.753 e. The fourth-order valence-electron chi connectivity index (χ4n) is 2.31. The molecule has 0 saturated carbocycles. The average molecular weight is 600 g/mol. The molecule has 4 rings (SSSR count). The van der Waals surface area contributed by atoms with Crippen LogP contribution in [0.25, 0.3) is 22.2 Å². The van der Waals surface area contributed by atoms with Crippen LogP contribution in [0.2, 0.25) is 0 Å². The molecule has 0 aliphatic rings. The van der Waals surface area contributed by atoms with E-state index in [4.69, 9.17) is 15.9 Å². The third-order valence-corrected chi connectivity index (χ3v) is 3.74. The molecule has 0 unspecified atom stereocenters. The van der Waals surface area contributed by atoms with Gasteiger partial charge in [0.1, 0.15) is 0 Å². The monoisotopic (exact) mass is 600 g/mol. The van der Waals surface area contributed by atoms with Gasteiger partial charge in [-0.25, -0.2) is 4.79 Å². The Bertz CT molecular complexity index is 1200. The number of carboxylic acids is 1. The molecule has 0 radical (unpaired) electrons. The third-order valence-electron chi connectivity index (χ3n) is 3.74. The van der Waals surface area contributed by atoms with E-state index in [1.165, 1.54) is 22.5 Å². The number of isothiocyanates is 2. The predicted molar refractivity (Wildman–Crippen MR) is 144 cm³/mol. The molecule has 0 bridgehead atoms. The van der Waals surface area contributed by atoms with Gasteiger partial charge in [-0.3, -0.25) is 19.9 Å². The van der Waals surface area contributed by atoms with Gasteiger partial charge in [-0.2, -0.15) is 10.3 Å². The summed E-state index contributed by atoms with van der Waals surface area (Å²) in [5, 5.41) is 25.7. The first-order valence-electron chi connectivity index (χ1n) is 9.69. The van der Waals surface area contributed by atoms with Crippen LogP contribution in [0.15, 0.2) is 102 Å². The fraction of sp³-hybridized carbons (Fsp3) is 0. The number of pyridine rings is 3. The molecule has 0 saturated heterocycles. The number of nitrogens with zero attached hydrogens (tertiary/aromatic N) is 6. The van der Waals surface area contributed by atoms with Crippen LogP contribution in [-0.2, 0) is 19.5 Å². The van der Waals surface area contributed by atoms with Crippen molar-refractivity contribution in [3.63, 3.8) is 0 Å². The van der Waals surface area contributed by atoms with Crippen molar-refractivity contribution in [3.8, 4) is 11.4 Å². The number of aromatic nitrogens is 3. The zero-order valence-corrected chi connectivity index (χ0v) is 21.9. The van der Waals surface area contributed by atoms with Crippen LogP contribution >= 0.6 is 24.4 Å². The third kappa shape index (κ3) is 13.7. The van der Waals surface area contributed by atoms with Crippen LogP contribution < -0.4 is 0 Å². The summed E-state index contributed by atoms with van der Waals surface area (Å²) in [6.07, 6.45) is 6.86. The van der Waals surface area contributed by atoms with Crippen LogP contribution in [-0.4, -0.2) is 42.6 Å². The Morgan fingerprint density at radius 3 is 1.58 bits per heavy atom. The molecule has 11 heteroatoms. The average Bonchev–Trinajstić information content (AvgIpc) is 2.91. The predicted octanol–water partition coefficient (Wildman–Crippen LogP) is 5.99. The van der Waals surface area contributed by atoms with Gasteiger partial charge in [0.25, 0.3) is 0 Å². The second-order valence-corrected chi connectivity index (χ2v) is 6.34. The van der Waals surface area contributed by atoms with Crippen LogP contribution in [0.5, 0.6) is 0 Å². The maximum Gasteiger partial charge on any atom is 2.00 e. The minimum Gasteiger partial charge on any atom is -0.753 e. The van der Waals surface area contributed by atoms with Gasteiger partial charge < -0.3 is 15.9 Å². The molecule has 0 amide bonds. The van der Waals surface area contributed by atoms with Crippen molar-refractivity contribution in [2.24, 2.45) is 4.99 Å². The van der Waals surface area contributed by atoms with E-state index in [-0.39, 0.29) is 25.0 Å². The summed E-state index contributed by atoms with van der Waals surface area (Å²) < 4.78 is 0. The van der Waals surface area contributed by atoms with E-state index in [2.05, 4.69) is 44.4 Å². The molecule has 0 spiro atoms. The number of aromatic carboxylic acids is 1. The van der Waals surface area contributed by atoms with Gasteiger partial charge >= 0.3 is 25.4 Å². The Morgan fingerprint density at radius 2 is 1.22 bits per heavy atom. The van der Waals surface area contributed by atoms with E-state index >= 15 is 0 Å². The van der Waals surface area contributed by atoms with Crippen molar-refractivity contribution in [2.45, 2.75) is 0 Å². The fourth-order valence-corrected chi connectivity index (χ4v) is 2.31.